The van der Waals surface area contributed by atoms with Crippen molar-refractivity contribution in [2.45, 2.75) is 27.7 Å². The van der Waals surface area contributed by atoms with E-state index >= 15 is 0 Å². The molecule has 0 aliphatic rings. The van der Waals surface area contributed by atoms with Crippen molar-refractivity contribution in [3.8, 4) is 0 Å². The Kier molecular flexibility index (Phi) is 4.67. The molecular formula is C13H22N4O. The normalized spacial score (nSPS) is 12.9. The maximum Gasteiger partial charge on any atom is 0.253 e. The molecule has 0 radical (unpaired) electrons. The monoisotopic (exact) mass is 250 g/mol. The van der Waals surface area contributed by atoms with Crippen LogP contribution in [0.1, 0.15) is 38.1 Å². The topological polar surface area (TPSA) is 80.0 Å². The van der Waals surface area contributed by atoms with Crippen molar-refractivity contribution in [3.63, 3.8) is 0 Å². The molecular weight excluding hydrogens is 228 g/mol. The second kappa shape index (κ2) is 5.82. The maximum absolute atomic E-state index is 12.0. The number of pyridine rings is 1. The third kappa shape index (κ3) is 3.70. The van der Waals surface area contributed by atoms with Crippen molar-refractivity contribution in [3.05, 3.63) is 24.0 Å². The highest BCUT2D eigenvalue weighted by atomic mass is 16.1. The Hall–Kier alpha value is -1.62. The SMILES string of the molecule is CC(CNC(=O)c1ccncc1NN)C(C)(C)C. The molecule has 5 nitrogen and oxygen atoms in total. The van der Waals surface area contributed by atoms with Gasteiger partial charge in [0.2, 0.25) is 0 Å². The Morgan fingerprint density at radius 1 is 1.50 bits per heavy atom. The molecule has 0 aromatic carbocycles. The van der Waals surface area contributed by atoms with Gasteiger partial charge in [-0.05, 0) is 17.4 Å². The summed E-state index contributed by atoms with van der Waals surface area (Å²) in [6.45, 7) is 9.22. The van der Waals surface area contributed by atoms with Gasteiger partial charge in [-0.2, -0.15) is 0 Å². The van der Waals surface area contributed by atoms with Gasteiger partial charge in [-0.1, -0.05) is 27.7 Å². The number of nitrogens with one attached hydrogen (secondary N) is 2. The molecule has 0 saturated carbocycles. The van der Waals surface area contributed by atoms with Crippen molar-refractivity contribution >= 4 is 11.6 Å². The Bertz CT molecular complexity index is 412. The molecule has 18 heavy (non-hydrogen) atoms. The molecule has 5 heteroatoms. The summed E-state index contributed by atoms with van der Waals surface area (Å²) < 4.78 is 0. The van der Waals surface area contributed by atoms with Gasteiger partial charge < -0.3 is 10.7 Å². The van der Waals surface area contributed by atoms with Gasteiger partial charge in [0.05, 0.1) is 17.4 Å². The van der Waals surface area contributed by atoms with Gasteiger partial charge in [0, 0.05) is 12.7 Å². The number of carbonyl (C=O) groups is 1. The third-order valence-electron chi connectivity index (χ3n) is 3.27. The van der Waals surface area contributed by atoms with Crippen LogP contribution in [0.4, 0.5) is 5.69 Å². The lowest BCUT2D eigenvalue weighted by molar-refractivity contribution is 0.0937. The predicted octanol–water partition coefficient (Wildman–Crippen LogP) is 1.78. The molecule has 0 saturated heterocycles. The quantitative estimate of drug-likeness (QED) is 0.562. The molecule has 1 aromatic rings. The number of hydrogen-bond donors (Lipinski definition) is 3. The molecule has 1 rings (SSSR count). The molecule has 1 atom stereocenters. The summed E-state index contributed by atoms with van der Waals surface area (Å²) in [5.74, 6) is 5.59. The van der Waals surface area contributed by atoms with E-state index in [1.165, 1.54) is 6.20 Å². The first-order valence-electron chi connectivity index (χ1n) is 6.05. The zero-order valence-electron chi connectivity index (χ0n) is 11.4. The van der Waals surface area contributed by atoms with E-state index in [0.717, 1.165) is 0 Å². The smallest absolute Gasteiger partial charge is 0.253 e. The van der Waals surface area contributed by atoms with E-state index in [0.29, 0.717) is 23.7 Å². The predicted molar refractivity (Wildman–Crippen MR) is 73.0 cm³/mol. The van der Waals surface area contributed by atoms with E-state index in [9.17, 15) is 4.79 Å². The van der Waals surface area contributed by atoms with E-state index in [1.54, 1.807) is 12.3 Å². The molecule has 0 fully saturated rings. The van der Waals surface area contributed by atoms with E-state index in [-0.39, 0.29) is 11.3 Å². The lowest BCUT2D eigenvalue weighted by Gasteiger charge is -2.27. The summed E-state index contributed by atoms with van der Waals surface area (Å²) in [4.78, 5) is 15.9. The summed E-state index contributed by atoms with van der Waals surface area (Å²) in [7, 11) is 0. The Balaban J connectivity index is 2.66. The molecule has 100 valence electrons. The zero-order valence-corrected chi connectivity index (χ0v) is 11.4. The number of amides is 1. The summed E-state index contributed by atoms with van der Waals surface area (Å²) in [6.07, 6.45) is 3.10. The van der Waals surface area contributed by atoms with E-state index in [2.05, 4.69) is 43.4 Å². The van der Waals surface area contributed by atoms with Crippen LogP contribution < -0.4 is 16.6 Å². The van der Waals surface area contributed by atoms with Crippen LogP contribution in [0, 0.1) is 11.3 Å². The van der Waals surface area contributed by atoms with Gasteiger partial charge in [0.15, 0.2) is 0 Å². The van der Waals surface area contributed by atoms with Gasteiger partial charge in [-0.15, -0.1) is 0 Å². The highest BCUT2D eigenvalue weighted by molar-refractivity contribution is 5.99. The van der Waals surface area contributed by atoms with Crippen LogP contribution in [0.3, 0.4) is 0 Å². The minimum Gasteiger partial charge on any atom is -0.352 e. The Morgan fingerprint density at radius 2 is 2.17 bits per heavy atom. The van der Waals surface area contributed by atoms with Crippen LogP contribution >= 0.6 is 0 Å². The number of nitrogens with two attached hydrogens (primary N) is 1. The van der Waals surface area contributed by atoms with Crippen LogP contribution in [0.15, 0.2) is 18.5 Å². The number of hydrazine groups is 1. The first-order chi connectivity index (χ1) is 8.36. The number of nitrogens with zero attached hydrogens (tertiary/aromatic N) is 1. The molecule has 0 bridgehead atoms. The van der Waals surface area contributed by atoms with Gasteiger partial charge in [-0.25, -0.2) is 0 Å². The summed E-state index contributed by atoms with van der Waals surface area (Å²) in [5.41, 5.74) is 3.67. The largest absolute Gasteiger partial charge is 0.352 e. The summed E-state index contributed by atoms with van der Waals surface area (Å²) in [5, 5.41) is 2.92. The number of rotatable bonds is 4. The summed E-state index contributed by atoms with van der Waals surface area (Å²) in [6, 6.07) is 1.65. The third-order valence-corrected chi connectivity index (χ3v) is 3.27. The average molecular weight is 250 g/mol. The minimum absolute atomic E-state index is 0.138. The minimum atomic E-state index is -0.138. The van der Waals surface area contributed by atoms with Crippen molar-refractivity contribution in [1.82, 2.24) is 10.3 Å². The number of nitrogen functional groups attached to an aromatic ring is 1. The van der Waals surface area contributed by atoms with Crippen LogP contribution in [-0.4, -0.2) is 17.4 Å². The fraction of sp³-hybridized carbons (Fsp3) is 0.538. The highest BCUT2D eigenvalue weighted by Crippen LogP contribution is 2.24. The molecule has 1 heterocycles. The van der Waals surface area contributed by atoms with Crippen LogP contribution in [0.25, 0.3) is 0 Å². The average Bonchev–Trinajstić information content (AvgIpc) is 2.34. The highest BCUT2D eigenvalue weighted by Gasteiger charge is 2.21. The molecule has 1 amide bonds. The molecule has 0 aliphatic heterocycles. The standard InChI is InChI=1S/C13H22N4O/c1-9(13(2,3)4)7-16-12(18)10-5-6-15-8-11(10)17-14/h5-6,8-9,17H,7,14H2,1-4H3,(H,16,18). The van der Waals surface area contributed by atoms with Gasteiger partial charge in [0.1, 0.15) is 0 Å². The Labute approximate surface area is 108 Å². The van der Waals surface area contributed by atoms with E-state index in [1.807, 2.05) is 0 Å². The number of anilines is 1. The van der Waals surface area contributed by atoms with Gasteiger partial charge >= 0.3 is 0 Å². The fourth-order valence-electron chi connectivity index (χ4n) is 1.35. The fourth-order valence-corrected chi connectivity index (χ4v) is 1.35. The van der Waals surface area contributed by atoms with Crippen molar-refractivity contribution in [2.75, 3.05) is 12.0 Å². The van der Waals surface area contributed by atoms with Crippen molar-refractivity contribution in [2.24, 2.45) is 17.2 Å². The zero-order chi connectivity index (χ0) is 13.8. The lowest BCUT2D eigenvalue weighted by Crippen LogP contribution is -2.34. The number of aromatic nitrogens is 1. The molecule has 0 spiro atoms. The lowest BCUT2D eigenvalue weighted by atomic mass is 9.82. The summed E-state index contributed by atoms with van der Waals surface area (Å²) >= 11 is 0. The van der Waals surface area contributed by atoms with Crippen molar-refractivity contribution in [1.29, 1.82) is 0 Å². The second-order valence-electron chi connectivity index (χ2n) is 5.54. The second-order valence-corrected chi connectivity index (χ2v) is 5.54. The molecule has 0 aliphatic carbocycles. The van der Waals surface area contributed by atoms with Crippen LogP contribution in [-0.2, 0) is 0 Å². The molecule has 1 unspecified atom stereocenters. The van der Waals surface area contributed by atoms with E-state index < -0.39 is 0 Å². The molecule has 4 N–H and O–H groups in total. The van der Waals surface area contributed by atoms with Crippen LogP contribution in [0.2, 0.25) is 0 Å². The number of carbonyl (C=O) groups excluding carboxylic acids is 1. The molecule has 1 aromatic heterocycles. The first-order valence-corrected chi connectivity index (χ1v) is 6.05. The van der Waals surface area contributed by atoms with Gasteiger partial charge in [0.25, 0.3) is 5.91 Å². The van der Waals surface area contributed by atoms with Gasteiger partial charge in [-0.3, -0.25) is 15.6 Å². The Morgan fingerprint density at radius 3 is 2.72 bits per heavy atom. The number of hydrogen-bond acceptors (Lipinski definition) is 4. The first kappa shape index (κ1) is 14.4. The van der Waals surface area contributed by atoms with E-state index in [4.69, 9.17) is 5.84 Å². The van der Waals surface area contributed by atoms with Crippen molar-refractivity contribution < 1.29 is 4.79 Å². The van der Waals surface area contributed by atoms with Crippen LogP contribution in [0.5, 0.6) is 0 Å². The maximum atomic E-state index is 12.0.